The SMILES string of the molecule is CS(=O)(=O)c1ccc(N2NC(C=O)(C(F)F)C=C2NCc2ccccc2)nc1. The fraction of sp³-hybridized carbons (Fsp3) is 0.222. The van der Waals surface area contributed by atoms with Crippen molar-refractivity contribution in [1.29, 1.82) is 0 Å². The fourth-order valence-electron chi connectivity index (χ4n) is 2.62. The van der Waals surface area contributed by atoms with E-state index in [2.05, 4.69) is 15.7 Å². The van der Waals surface area contributed by atoms with Crippen LogP contribution in [0, 0.1) is 0 Å². The normalized spacial score (nSPS) is 19.6. The maximum absolute atomic E-state index is 13.5. The highest BCUT2D eigenvalue weighted by Gasteiger charge is 2.46. The Morgan fingerprint density at radius 3 is 2.50 bits per heavy atom. The highest BCUT2D eigenvalue weighted by molar-refractivity contribution is 7.90. The van der Waals surface area contributed by atoms with Crippen LogP contribution in [0.2, 0.25) is 0 Å². The summed E-state index contributed by atoms with van der Waals surface area (Å²) in [5.41, 5.74) is 1.16. The largest absolute Gasteiger partial charge is 0.366 e. The Balaban J connectivity index is 1.91. The second-order valence-electron chi connectivity index (χ2n) is 6.29. The lowest BCUT2D eigenvalue weighted by Crippen LogP contribution is -2.54. The zero-order valence-electron chi connectivity index (χ0n) is 14.8. The standard InChI is InChI=1S/C18H18F2N4O3S/c1-28(26,27)14-7-8-15(22-11-14)24-16(9-18(12-25,23-24)17(19)20)21-10-13-5-3-2-4-6-13/h2-9,11-12,17,21,23H,10H2,1H3. The second kappa shape index (κ2) is 7.64. The molecule has 0 amide bonds. The van der Waals surface area contributed by atoms with Gasteiger partial charge in [-0.3, -0.25) is 0 Å². The average molecular weight is 408 g/mol. The number of carbonyl (C=O) groups excluding carboxylic acids is 1. The van der Waals surface area contributed by atoms with Gasteiger partial charge in [0, 0.05) is 19.0 Å². The highest BCUT2D eigenvalue weighted by Crippen LogP contribution is 2.28. The van der Waals surface area contributed by atoms with Crippen LogP contribution in [0.25, 0.3) is 0 Å². The van der Waals surface area contributed by atoms with Crippen molar-refractivity contribution in [2.24, 2.45) is 0 Å². The third-order valence-corrected chi connectivity index (χ3v) is 5.27. The number of aldehydes is 1. The first kappa shape index (κ1) is 19.9. The highest BCUT2D eigenvalue weighted by atomic mass is 32.2. The molecule has 10 heteroatoms. The number of hydrazine groups is 1. The molecule has 0 radical (unpaired) electrons. The van der Waals surface area contributed by atoms with Crippen LogP contribution in [0.4, 0.5) is 14.6 Å². The maximum atomic E-state index is 13.5. The Labute approximate surface area is 161 Å². The summed E-state index contributed by atoms with van der Waals surface area (Å²) in [6.07, 6.45) is 0.397. The van der Waals surface area contributed by atoms with E-state index < -0.39 is 21.8 Å². The van der Waals surface area contributed by atoms with Crippen LogP contribution in [-0.2, 0) is 21.2 Å². The summed E-state index contributed by atoms with van der Waals surface area (Å²) in [6.45, 7) is 0.324. The Kier molecular flexibility index (Phi) is 5.43. The molecular formula is C18H18F2N4O3S. The van der Waals surface area contributed by atoms with Gasteiger partial charge in [0.15, 0.2) is 21.7 Å². The van der Waals surface area contributed by atoms with Gasteiger partial charge in [0.1, 0.15) is 11.6 Å². The number of anilines is 1. The summed E-state index contributed by atoms with van der Waals surface area (Å²) in [7, 11) is -3.45. The molecule has 0 saturated carbocycles. The first-order valence-electron chi connectivity index (χ1n) is 8.24. The Hall–Kier alpha value is -2.85. The number of nitrogens with one attached hydrogen (secondary N) is 2. The van der Waals surface area contributed by atoms with Gasteiger partial charge in [-0.15, -0.1) is 0 Å². The van der Waals surface area contributed by atoms with Gasteiger partial charge in [-0.1, -0.05) is 30.3 Å². The summed E-state index contributed by atoms with van der Waals surface area (Å²) >= 11 is 0. The van der Waals surface area contributed by atoms with Gasteiger partial charge >= 0.3 is 0 Å². The van der Waals surface area contributed by atoms with Crippen LogP contribution in [0.1, 0.15) is 5.56 Å². The van der Waals surface area contributed by atoms with E-state index in [1.54, 1.807) is 0 Å². The van der Waals surface area contributed by atoms with Crippen molar-refractivity contribution in [2.45, 2.75) is 23.4 Å². The molecule has 1 atom stereocenters. The number of alkyl halides is 2. The molecule has 1 unspecified atom stereocenters. The second-order valence-corrected chi connectivity index (χ2v) is 8.31. The third-order valence-electron chi connectivity index (χ3n) is 4.17. The minimum absolute atomic E-state index is 0.00580. The zero-order valence-corrected chi connectivity index (χ0v) is 15.7. The number of nitrogens with zero attached hydrogens (tertiary/aromatic N) is 2. The lowest BCUT2D eigenvalue weighted by molar-refractivity contribution is -0.116. The molecule has 2 aromatic rings. The van der Waals surface area contributed by atoms with Crippen molar-refractivity contribution in [2.75, 3.05) is 11.3 Å². The molecule has 0 fully saturated rings. The molecule has 0 spiro atoms. The number of hydrogen-bond acceptors (Lipinski definition) is 7. The number of rotatable bonds is 7. The van der Waals surface area contributed by atoms with E-state index >= 15 is 0 Å². The van der Waals surface area contributed by atoms with Gasteiger partial charge in [-0.25, -0.2) is 32.6 Å². The smallest absolute Gasteiger partial charge is 0.268 e. The predicted octanol–water partition coefficient (Wildman–Crippen LogP) is 1.64. The molecule has 1 aliphatic rings. The van der Waals surface area contributed by atoms with E-state index in [4.69, 9.17) is 0 Å². The Bertz CT molecular complexity index is 982. The van der Waals surface area contributed by atoms with E-state index in [-0.39, 0.29) is 22.8 Å². The Morgan fingerprint density at radius 2 is 1.96 bits per heavy atom. The zero-order chi connectivity index (χ0) is 20.4. The molecule has 2 heterocycles. The number of pyridine rings is 1. The third kappa shape index (κ3) is 4.02. The molecule has 28 heavy (non-hydrogen) atoms. The van der Waals surface area contributed by atoms with Crippen molar-refractivity contribution >= 4 is 21.9 Å². The van der Waals surface area contributed by atoms with E-state index in [0.29, 0.717) is 6.54 Å². The fourth-order valence-corrected chi connectivity index (χ4v) is 3.18. The number of aromatic nitrogens is 1. The number of hydrogen-bond donors (Lipinski definition) is 2. The van der Waals surface area contributed by atoms with Gasteiger partial charge in [-0.05, 0) is 23.8 Å². The Morgan fingerprint density at radius 1 is 1.25 bits per heavy atom. The van der Waals surface area contributed by atoms with E-state index in [0.717, 1.165) is 24.1 Å². The topological polar surface area (TPSA) is 91.4 Å². The van der Waals surface area contributed by atoms with E-state index in [9.17, 15) is 22.0 Å². The monoisotopic (exact) mass is 408 g/mol. The summed E-state index contributed by atoms with van der Waals surface area (Å²) in [5, 5.41) is 4.21. The van der Waals surface area contributed by atoms with Crippen molar-refractivity contribution in [3.05, 3.63) is 66.1 Å². The maximum Gasteiger partial charge on any atom is 0.268 e. The van der Waals surface area contributed by atoms with Gasteiger partial charge in [-0.2, -0.15) is 0 Å². The van der Waals surface area contributed by atoms with Crippen molar-refractivity contribution in [3.63, 3.8) is 0 Å². The molecule has 0 bridgehead atoms. The number of halogens is 2. The van der Waals surface area contributed by atoms with E-state index in [1.807, 2.05) is 30.3 Å². The van der Waals surface area contributed by atoms with Gasteiger partial charge in [0.25, 0.3) is 6.43 Å². The van der Waals surface area contributed by atoms with Crippen molar-refractivity contribution in [3.8, 4) is 0 Å². The molecule has 3 rings (SSSR count). The number of sulfone groups is 1. The summed E-state index contributed by atoms with van der Waals surface area (Å²) < 4.78 is 50.3. The van der Waals surface area contributed by atoms with Gasteiger partial charge < -0.3 is 10.1 Å². The first-order valence-corrected chi connectivity index (χ1v) is 10.1. The molecule has 1 aromatic carbocycles. The minimum atomic E-state index is -3.45. The van der Waals surface area contributed by atoms with Crippen LogP contribution >= 0.6 is 0 Å². The van der Waals surface area contributed by atoms with Crippen molar-refractivity contribution in [1.82, 2.24) is 15.7 Å². The van der Waals surface area contributed by atoms with Crippen LogP contribution in [0.5, 0.6) is 0 Å². The van der Waals surface area contributed by atoms with Crippen LogP contribution in [0.15, 0.2) is 65.5 Å². The average Bonchev–Trinajstić information content (AvgIpc) is 3.07. The molecule has 0 aliphatic carbocycles. The summed E-state index contributed by atoms with van der Waals surface area (Å²) in [4.78, 5) is 15.4. The van der Waals surface area contributed by atoms with E-state index in [1.165, 1.54) is 17.1 Å². The quantitative estimate of drug-likeness (QED) is 0.673. The molecule has 1 aromatic heterocycles. The summed E-state index contributed by atoms with van der Waals surface area (Å²) in [6, 6.07) is 11.9. The number of benzene rings is 1. The van der Waals surface area contributed by atoms with Gasteiger partial charge in [0.2, 0.25) is 0 Å². The molecular weight excluding hydrogens is 390 g/mol. The molecule has 0 saturated heterocycles. The lowest BCUT2D eigenvalue weighted by Gasteiger charge is -2.26. The molecule has 148 valence electrons. The number of carbonyl (C=O) groups is 1. The van der Waals surface area contributed by atoms with Crippen LogP contribution in [-0.4, -0.2) is 37.9 Å². The predicted molar refractivity (Wildman–Crippen MR) is 99.1 cm³/mol. The first-order chi connectivity index (χ1) is 13.2. The van der Waals surface area contributed by atoms with Crippen LogP contribution < -0.4 is 15.8 Å². The van der Waals surface area contributed by atoms with Crippen LogP contribution in [0.3, 0.4) is 0 Å². The lowest BCUT2D eigenvalue weighted by atomic mass is 10.0. The molecule has 2 N–H and O–H groups in total. The molecule has 1 aliphatic heterocycles. The minimum Gasteiger partial charge on any atom is -0.366 e. The van der Waals surface area contributed by atoms with Gasteiger partial charge in [0.05, 0.1) is 4.90 Å². The molecule has 7 nitrogen and oxygen atoms in total. The summed E-state index contributed by atoms with van der Waals surface area (Å²) in [5.74, 6) is 0.361. The van der Waals surface area contributed by atoms with Crippen molar-refractivity contribution < 1.29 is 22.0 Å².